The Morgan fingerprint density at radius 3 is 2.80 bits per heavy atom. The number of hydrogen-bond donors (Lipinski definition) is 2. The largest absolute Gasteiger partial charge is 0.355 e. The number of thioether (sulfide) groups is 1. The minimum atomic E-state index is 0.157. The molecule has 0 aromatic rings. The molecule has 1 heterocycles. The quantitative estimate of drug-likeness (QED) is 0.712. The van der Waals surface area contributed by atoms with Crippen LogP contribution < -0.4 is 10.6 Å². The molecule has 1 amide bonds. The molecule has 1 aliphatic carbocycles. The van der Waals surface area contributed by atoms with E-state index in [2.05, 4.69) is 10.6 Å². The van der Waals surface area contributed by atoms with Crippen LogP contribution in [0.2, 0.25) is 0 Å². The Kier molecular flexibility index (Phi) is 4.32. The molecule has 1 unspecified atom stereocenters. The van der Waals surface area contributed by atoms with Crippen molar-refractivity contribution in [3.05, 3.63) is 0 Å². The lowest BCUT2D eigenvalue weighted by Crippen LogP contribution is -2.37. The molecule has 1 aliphatic heterocycles. The fourth-order valence-electron chi connectivity index (χ4n) is 1.79. The van der Waals surface area contributed by atoms with Crippen LogP contribution in [-0.2, 0) is 4.79 Å². The van der Waals surface area contributed by atoms with Crippen molar-refractivity contribution in [2.75, 3.05) is 25.4 Å². The Hall–Kier alpha value is -0.220. The predicted octanol–water partition coefficient (Wildman–Crippen LogP) is 0.998. The molecule has 0 bridgehead atoms. The molecule has 4 heteroatoms. The first-order valence-corrected chi connectivity index (χ1v) is 6.98. The maximum Gasteiger partial charge on any atom is 0.233 e. The summed E-state index contributed by atoms with van der Waals surface area (Å²) in [6.07, 6.45) is 5.24. The van der Waals surface area contributed by atoms with Crippen molar-refractivity contribution in [1.29, 1.82) is 0 Å². The minimum Gasteiger partial charge on any atom is -0.355 e. The SMILES string of the molecule is O=C(CNCC1CCCS1)NCC1CC1. The van der Waals surface area contributed by atoms with E-state index in [9.17, 15) is 4.79 Å². The van der Waals surface area contributed by atoms with Gasteiger partial charge in [-0.05, 0) is 37.4 Å². The van der Waals surface area contributed by atoms with Crippen molar-refractivity contribution in [2.45, 2.75) is 30.9 Å². The summed E-state index contributed by atoms with van der Waals surface area (Å²) in [5.74, 6) is 2.23. The molecule has 15 heavy (non-hydrogen) atoms. The van der Waals surface area contributed by atoms with E-state index in [1.807, 2.05) is 11.8 Å². The first kappa shape index (κ1) is 11.3. The summed E-state index contributed by atoms with van der Waals surface area (Å²) in [7, 11) is 0. The van der Waals surface area contributed by atoms with Crippen molar-refractivity contribution >= 4 is 17.7 Å². The zero-order valence-electron chi connectivity index (χ0n) is 9.13. The van der Waals surface area contributed by atoms with E-state index in [-0.39, 0.29) is 5.91 Å². The fourth-order valence-corrected chi connectivity index (χ4v) is 3.03. The Balaban J connectivity index is 1.46. The molecule has 2 N–H and O–H groups in total. The molecule has 2 rings (SSSR count). The minimum absolute atomic E-state index is 0.157. The average Bonchev–Trinajstić information content (AvgIpc) is 2.92. The third-order valence-corrected chi connectivity index (χ3v) is 4.36. The highest BCUT2D eigenvalue weighted by molar-refractivity contribution is 8.00. The van der Waals surface area contributed by atoms with Gasteiger partial charge in [-0.1, -0.05) is 0 Å². The van der Waals surface area contributed by atoms with Crippen LogP contribution in [0.3, 0.4) is 0 Å². The van der Waals surface area contributed by atoms with Gasteiger partial charge in [0.05, 0.1) is 6.54 Å². The van der Waals surface area contributed by atoms with Crippen LogP contribution >= 0.6 is 11.8 Å². The number of rotatable bonds is 6. The summed E-state index contributed by atoms with van der Waals surface area (Å²) in [4.78, 5) is 11.4. The Labute approximate surface area is 95.8 Å². The fraction of sp³-hybridized carbons (Fsp3) is 0.909. The maximum absolute atomic E-state index is 11.4. The second kappa shape index (κ2) is 5.75. The monoisotopic (exact) mass is 228 g/mol. The molecule has 0 aromatic heterocycles. The molecular weight excluding hydrogens is 208 g/mol. The van der Waals surface area contributed by atoms with Gasteiger partial charge in [0, 0.05) is 18.3 Å². The van der Waals surface area contributed by atoms with E-state index >= 15 is 0 Å². The number of amides is 1. The molecule has 0 spiro atoms. The molecule has 2 fully saturated rings. The molecular formula is C11H20N2OS. The average molecular weight is 228 g/mol. The smallest absolute Gasteiger partial charge is 0.233 e. The van der Waals surface area contributed by atoms with Gasteiger partial charge in [0.15, 0.2) is 0 Å². The topological polar surface area (TPSA) is 41.1 Å². The van der Waals surface area contributed by atoms with E-state index < -0.39 is 0 Å². The van der Waals surface area contributed by atoms with Gasteiger partial charge in [-0.2, -0.15) is 11.8 Å². The van der Waals surface area contributed by atoms with Crippen LogP contribution in [0.5, 0.6) is 0 Å². The molecule has 2 aliphatic rings. The van der Waals surface area contributed by atoms with Gasteiger partial charge in [-0.15, -0.1) is 0 Å². The second-order valence-corrected chi connectivity index (χ2v) is 5.92. The van der Waals surface area contributed by atoms with Crippen LogP contribution in [0.25, 0.3) is 0 Å². The van der Waals surface area contributed by atoms with E-state index in [0.717, 1.165) is 24.3 Å². The first-order chi connectivity index (χ1) is 7.34. The summed E-state index contributed by atoms with van der Waals surface area (Å²) in [6, 6.07) is 0. The Bertz CT molecular complexity index is 213. The highest BCUT2D eigenvalue weighted by Crippen LogP contribution is 2.27. The maximum atomic E-state index is 11.4. The third kappa shape index (κ3) is 4.43. The van der Waals surface area contributed by atoms with Crippen molar-refractivity contribution < 1.29 is 4.79 Å². The van der Waals surface area contributed by atoms with E-state index in [4.69, 9.17) is 0 Å². The Morgan fingerprint density at radius 2 is 2.13 bits per heavy atom. The number of carbonyl (C=O) groups is 1. The lowest BCUT2D eigenvalue weighted by molar-refractivity contribution is -0.120. The summed E-state index contributed by atoms with van der Waals surface area (Å²) in [5, 5.41) is 6.94. The molecule has 1 atom stereocenters. The van der Waals surface area contributed by atoms with Crippen molar-refractivity contribution in [3.63, 3.8) is 0 Å². The van der Waals surface area contributed by atoms with Crippen LogP contribution in [-0.4, -0.2) is 36.5 Å². The van der Waals surface area contributed by atoms with E-state index in [1.54, 1.807) is 0 Å². The highest BCUT2D eigenvalue weighted by Gasteiger charge is 2.21. The van der Waals surface area contributed by atoms with Gasteiger partial charge in [0.25, 0.3) is 0 Å². The number of carbonyl (C=O) groups excluding carboxylic acids is 1. The van der Waals surface area contributed by atoms with Gasteiger partial charge in [0.1, 0.15) is 0 Å². The number of nitrogens with one attached hydrogen (secondary N) is 2. The summed E-state index contributed by atoms with van der Waals surface area (Å²) >= 11 is 2.03. The van der Waals surface area contributed by atoms with Crippen molar-refractivity contribution in [1.82, 2.24) is 10.6 Å². The zero-order valence-corrected chi connectivity index (χ0v) is 9.94. The van der Waals surface area contributed by atoms with Gasteiger partial charge in [-0.3, -0.25) is 4.79 Å². The predicted molar refractivity (Wildman–Crippen MR) is 64.1 cm³/mol. The van der Waals surface area contributed by atoms with Crippen molar-refractivity contribution in [3.8, 4) is 0 Å². The molecule has 1 saturated carbocycles. The van der Waals surface area contributed by atoms with Gasteiger partial charge in [0.2, 0.25) is 5.91 Å². The summed E-state index contributed by atoms with van der Waals surface area (Å²) < 4.78 is 0. The molecule has 86 valence electrons. The van der Waals surface area contributed by atoms with Gasteiger partial charge in [-0.25, -0.2) is 0 Å². The van der Waals surface area contributed by atoms with Gasteiger partial charge < -0.3 is 10.6 Å². The van der Waals surface area contributed by atoms with Crippen LogP contribution in [0.15, 0.2) is 0 Å². The Morgan fingerprint density at radius 1 is 1.27 bits per heavy atom. The lowest BCUT2D eigenvalue weighted by Gasteiger charge is -2.09. The first-order valence-electron chi connectivity index (χ1n) is 5.93. The molecule has 0 radical (unpaired) electrons. The summed E-state index contributed by atoms with van der Waals surface area (Å²) in [5.41, 5.74) is 0. The van der Waals surface area contributed by atoms with Crippen LogP contribution in [0.4, 0.5) is 0 Å². The third-order valence-electron chi connectivity index (χ3n) is 2.97. The van der Waals surface area contributed by atoms with Crippen LogP contribution in [0.1, 0.15) is 25.7 Å². The molecule has 1 saturated heterocycles. The van der Waals surface area contributed by atoms with E-state index in [0.29, 0.717) is 6.54 Å². The summed E-state index contributed by atoms with van der Waals surface area (Å²) in [6.45, 7) is 2.37. The zero-order chi connectivity index (χ0) is 10.5. The second-order valence-electron chi connectivity index (χ2n) is 4.51. The standard InChI is InChI=1S/C11H20N2OS/c14-11(13-6-9-3-4-9)8-12-7-10-2-1-5-15-10/h9-10,12H,1-8H2,(H,13,14). The number of hydrogen-bond acceptors (Lipinski definition) is 3. The van der Waals surface area contributed by atoms with Crippen LogP contribution in [0, 0.1) is 5.92 Å². The van der Waals surface area contributed by atoms with Crippen molar-refractivity contribution in [2.24, 2.45) is 5.92 Å². The normalized spacial score (nSPS) is 25.5. The molecule has 0 aromatic carbocycles. The van der Waals surface area contributed by atoms with Gasteiger partial charge >= 0.3 is 0 Å². The highest BCUT2D eigenvalue weighted by atomic mass is 32.2. The van der Waals surface area contributed by atoms with E-state index in [1.165, 1.54) is 31.4 Å². The lowest BCUT2D eigenvalue weighted by atomic mass is 10.2. The molecule has 3 nitrogen and oxygen atoms in total.